The maximum Gasteiger partial charge on any atom is 0.217 e. The van der Waals surface area contributed by atoms with Crippen molar-refractivity contribution in [2.24, 2.45) is 0 Å². The van der Waals surface area contributed by atoms with Crippen LogP contribution in [-0.2, 0) is 20.7 Å². The fourth-order valence-corrected chi connectivity index (χ4v) is 3.65. The molecule has 3 rings (SSSR count). The molecule has 1 saturated heterocycles. The van der Waals surface area contributed by atoms with Gasteiger partial charge in [-0.2, -0.15) is 0 Å². The van der Waals surface area contributed by atoms with Gasteiger partial charge in [-0.05, 0) is 49.9 Å². The number of benzene rings is 2. The summed E-state index contributed by atoms with van der Waals surface area (Å²) in [7, 11) is 0. The fourth-order valence-electron chi connectivity index (χ4n) is 3.32. The number of carbonyl (C=O) groups excluding carboxylic acids is 1. The van der Waals surface area contributed by atoms with Crippen LogP contribution in [0.4, 0.5) is 4.39 Å². The van der Waals surface area contributed by atoms with Gasteiger partial charge in [-0.25, -0.2) is 4.39 Å². The summed E-state index contributed by atoms with van der Waals surface area (Å²) in [5.74, 6) is -1.00. The molecule has 0 radical (unpaired) electrons. The molecule has 1 N–H and O–H groups in total. The zero-order valence-corrected chi connectivity index (χ0v) is 17.9. The van der Waals surface area contributed by atoms with Crippen molar-refractivity contribution < 1.29 is 18.7 Å². The van der Waals surface area contributed by atoms with E-state index in [0.717, 1.165) is 17.5 Å². The first kappa shape index (κ1) is 21.0. The number of hydrogen-bond donors (Lipinski definition) is 1. The zero-order chi connectivity index (χ0) is 20.4. The Hall–Kier alpha value is -1.76. The quantitative estimate of drug-likeness (QED) is 0.709. The molecule has 28 heavy (non-hydrogen) atoms. The molecule has 0 unspecified atom stereocenters. The molecule has 0 atom stereocenters. The zero-order valence-electron chi connectivity index (χ0n) is 16.4. The van der Waals surface area contributed by atoms with Crippen molar-refractivity contribution in [3.63, 3.8) is 0 Å². The van der Waals surface area contributed by atoms with Crippen molar-refractivity contribution in [2.75, 3.05) is 13.2 Å². The smallest absolute Gasteiger partial charge is 0.217 e. The number of carbonyl (C=O) groups is 1. The third kappa shape index (κ3) is 5.19. The topological polar surface area (TPSA) is 47.6 Å². The summed E-state index contributed by atoms with van der Waals surface area (Å²) in [6.45, 7) is 6.04. The lowest BCUT2D eigenvalue weighted by Gasteiger charge is -2.43. The predicted molar refractivity (Wildman–Crippen MR) is 110 cm³/mol. The van der Waals surface area contributed by atoms with E-state index in [0.29, 0.717) is 29.7 Å². The number of amides is 1. The Bertz CT molecular complexity index is 841. The molecule has 1 heterocycles. The van der Waals surface area contributed by atoms with Crippen molar-refractivity contribution in [2.45, 2.75) is 44.9 Å². The van der Waals surface area contributed by atoms with E-state index < -0.39 is 11.3 Å². The first-order chi connectivity index (χ1) is 13.2. The third-order valence-electron chi connectivity index (χ3n) is 4.92. The summed E-state index contributed by atoms with van der Waals surface area (Å²) in [4.78, 5) is 11.7. The largest absolute Gasteiger partial charge is 0.348 e. The molecule has 1 aliphatic rings. The number of nitrogens with one attached hydrogen (secondary N) is 1. The van der Waals surface area contributed by atoms with Gasteiger partial charge < -0.3 is 14.8 Å². The predicted octanol–water partition coefficient (Wildman–Crippen LogP) is 4.85. The van der Waals surface area contributed by atoms with Crippen molar-refractivity contribution in [3.8, 4) is 11.1 Å². The van der Waals surface area contributed by atoms with Crippen LogP contribution in [0.5, 0.6) is 0 Å². The highest BCUT2D eigenvalue weighted by Crippen LogP contribution is 2.29. The molecule has 0 spiro atoms. The standard InChI is InChI=1S/C22H25BrFNO3/c1-15(26)25-22(13-27-21(2,3)28-14-22)11-10-16-4-6-17(7-5-16)19-9-8-18(23)12-20(19)24/h4-9,12H,10-11,13-14H2,1-3H3,(H,25,26). The van der Waals surface area contributed by atoms with E-state index in [-0.39, 0.29) is 11.7 Å². The van der Waals surface area contributed by atoms with Crippen LogP contribution in [0.25, 0.3) is 11.1 Å². The Morgan fingerprint density at radius 2 is 1.79 bits per heavy atom. The van der Waals surface area contributed by atoms with Crippen LogP contribution in [-0.4, -0.2) is 30.4 Å². The maximum atomic E-state index is 14.2. The van der Waals surface area contributed by atoms with Crippen LogP contribution in [0.3, 0.4) is 0 Å². The molecule has 0 aromatic heterocycles. The minimum Gasteiger partial charge on any atom is -0.348 e. The van der Waals surface area contributed by atoms with Crippen LogP contribution >= 0.6 is 15.9 Å². The van der Waals surface area contributed by atoms with Crippen molar-refractivity contribution >= 4 is 21.8 Å². The second-order valence-electron chi connectivity index (χ2n) is 7.76. The second kappa shape index (κ2) is 8.31. The first-order valence-electron chi connectivity index (χ1n) is 9.29. The van der Waals surface area contributed by atoms with Gasteiger partial charge in [0.2, 0.25) is 5.91 Å². The van der Waals surface area contributed by atoms with Crippen LogP contribution in [0.15, 0.2) is 46.9 Å². The van der Waals surface area contributed by atoms with Gasteiger partial charge in [-0.3, -0.25) is 4.79 Å². The average molecular weight is 450 g/mol. The Morgan fingerprint density at radius 3 is 2.36 bits per heavy atom. The summed E-state index contributed by atoms with van der Waals surface area (Å²) in [6.07, 6.45) is 1.44. The molecule has 4 nitrogen and oxygen atoms in total. The summed E-state index contributed by atoms with van der Waals surface area (Å²) in [6, 6.07) is 12.9. The molecule has 1 fully saturated rings. The molecule has 2 aromatic carbocycles. The SMILES string of the molecule is CC(=O)NC1(CCc2ccc(-c3ccc(Br)cc3F)cc2)COC(C)(C)OC1. The van der Waals surface area contributed by atoms with Crippen LogP contribution in [0, 0.1) is 5.82 Å². The van der Waals surface area contributed by atoms with Gasteiger partial charge in [0.25, 0.3) is 0 Å². The monoisotopic (exact) mass is 449 g/mol. The lowest BCUT2D eigenvalue weighted by atomic mass is 9.91. The van der Waals surface area contributed by atoms with Gasteiger partial charge in [0, 0.05) is 17.0 Å². The van der Waals surface area contributed by atoms with Gasteiger partial charge in [-0.15, -0.1) is 0 Å². The van der Waals surface area contributed by atoms with E-state index in [2.05, 4.69) is 21.2 Å². The summed E-state index contributed by atoms with van der Waals surface area (Å²) >= 11 is 3.28. The third-order valence-corrected chi connectivity index (χ3v) is 5.41. The van der Waals surface area contributed by atoms with E-state index >= 15 is 0 Å². The highest BCUT2D eigenvalue weighted by Gasteiger charge is 2.40. The number of hydrogen-bond acceptors (Lipinski definition) is 3. The van der Waals surface area contributed by atoms with Gasteiger partial charge in [0.05, 0.1) is 18.8 Å². The Morgan fingerprint density at radius 1 is 1.14 bits per heavy atom. The van der Waals surface area contributed by atoms with E-state index in [1.54, 1.807) is 6.07 Å². The number of halogens is 2. The van der Waals surface area contributed by atoms with Gasteiger partial charge in [-0.1, -0.05) is 46.3 Å². The first-order valence-corrected chi connectivity index (χ1v) is 10.1. The fraction of sp³-hybridized carbons (Fsp3) is 0.409. The average Bonchev–Trinajstić information content (AvgIpc) is 2.63. The number of rotatable bonds is 5. The Labute approximate surface area is 173 Å². The van der Waals surface area contributed by atoms with Gasteiger partial charge >= 0.3 is 0 Å². The molecule has 150 valence electrons. The molecule has 0 bridgehead atoms. The summed E-state index contributed by atoms with van der Waals surface area (Å²) < 4.78 is 26.5. The van der Waals surface area contributed by atoms with Gasteiger partial charge in [0.1, 0.15) is 5.82 Å². The van der Waals surface area contributed by atoms with E-state index in [9.17, 15) is 9.18 Å². The highest BCUT2D eigenvalue weighted by molar-refractivity contribution is 9.10. The normalized spacial score (nSPS) is 17.9. The molecule has 1 amide bonds. The van der Waals surface area contributed by atoms with Crippen LogP contribution in [0.2, 0.25) is 0 Å². The van der Waals surface area contributed by atoms with E-state index in [1.165, 1.54) is 13.0 Å². The molecular weight excluding hydrogens is 425 g/mol. The highest BCUT2D eigenvalue weighted by atomic mass is 79.9. The molecule has 1 aliphatic heterocycles. The molecule has 6 heteroatoms. The van der Waals surface area contributed by atoms with Crippen molar-refractivity contribution in [1.29, 1.82) is 0 Å². The van der Waals surface area contributed by atoms with Crippen LogP contribution in [0.1, 0.15) is 32.8 Å². The molecular formula is C22H25BrFNO3. The van der Waals surface area contributed by atoms with Crippen LogP contribution < -0.4 is 5.32 Å². The van der Waals surface area contributed by atoms with E-state index in [1.807, 2.05) is 44.2 Å². The Balaban J connectivity index is 1.69. The van der Waals surface area contributed by atoms with Crippen molar-refractivity contribution in [3.05, 3.63) is 58.3 Å². The maximum absolute atomic E-state index is 14.2. The van der Waals surface area contributed by atoms with Crippen molar-refractivity contribution in [1.82, 2.24) is 5.32 Å². The minimum atomic E-state index is -0.641. The van der Waals surface area contributed by atoms with E-state index in [4.69, 9.17) is 9.47 Å². The number of ether oxygens (including phenoxy) is 2. The molecule has 0 saturated carbocycles. The van der Waals surface area contributed by atoms with Gasteiger partial charge in [0.15, 0.2) is 5.79 Å². The summed E-state index contributed by atoms with van der Waals surface area (Å²) in [5, 5.41) is 3.01. The minimum absolute atomic E-state index is 0.104. The molecule has 2 aromatic rings. The lowest BCUT2D eigenvalue weighted by molar-refractivity contribution is -0.271. The molecule has 0 aliphatic carbocycles. The summed E-state index contributed by atoms with van der Waals surface area (Å²) in [5.41, 5.74) is 1.96. The second-order valence-corrected chi connectivity index (χ2v) is 8.68. The Kier molecular flexibility index (Phi) is 6.22. The lowest BCUT2D eigenvalue weighted by Crippen LogP contribution is -2.60. The number of aryl methyl sites for hydroxylation is 1.